The molecule has 5 heteroatoms. The van der Waals surface area contributed by atoms with Gasteiger partial charge in [-0.1, -0.05) is 43.2 Å². The molecule has 0 atom stereocenters. The van der Waals surface area contributed by atoms with E-state index < -0.39 is 5.97 Å². The first-order valence-corrected chi connectivity index (χ1v) is 10.3. The van der Waals surface area contributed by atoms with Crippen LogP contribution in [0.2, 0.25) is 0 Å². The zero-order valence-corrected chi connectivity index (χ0v) is 16.5. The van der Waals surface area contributed by atoms with Crippen LogP contribution < -0.4 is 4.74 Å². The number of imidazole rings is 1. The molecule has 0 aliphatic heterocycles. The third kappa shape index (κ3) is 3.43. The molecule has 3 aromatic carbocycles. The zero-order valence-electron chi connectivity index (χ0n) is 16.5. The number of hydrogen-bond acceptors (Lipinski definition) is 3. The molecule has 1 aliphatic rings. The Kier molecular flexibility index (Phi) is 4.71. The maximum atomic E-state index is 11.4. The summed E-state index contributed by atoms with van der Waals surface area (Å²) < 4.78 is 8.30. The Morgan fingerprint density at radius 3 is 2.47 bits per heavy atom. The molecule has 1 aliphatic carbocycles. The number of aromatic nitrogens is 2. The van der Waals surface area contributed by atoms with Gasteiger partial charge in [-0.25, -0.2) is 9.78 Å². The van der Waals surface area contributed by atoms with E-state index in [2.05, 4.69) is 4.57 Å². The number of benzene rings is 3. The predicted molar refractivity (Wildman–Crippen MR) is 116 cm³/mol. The van der Waals surface area contributed by atoms with Crippen LogP contribution in [0.25, 0.3) is 22.4 Å². The number of carboxylic acid groups (broad SMARTS) is 1. The molecular weight excluding hydrogens is 376 g/mol. The van der Waals surface area contributed by atoms with E-state index in [0.717, 1.165) is 41.2 Å². The first-order valence-electron chi connectivity index (χ1n) is 10.3. The van der Waals surface area contributed by atoms with Gasteiger partial charge in [-0.3, -0.25) is 0 Å². The SMILES string of the molecule is O=C(O)c1ccc2c(c1)nc(-c1cccc(Oc3ccccc3)c1)n2C1CCCC1. The second-order valence-electron chi connectivity index (χ2n) is 7.70. The van der Waals surface area contributed by atoms with Crippen molar-refractivity contribution in [1.29, 1.82) is 0 Å². The highest BCUT2D eigenvalue weighted by atomic mass is 16.5. The summed E-state index contributed by atoms with van der Waals surface area (Å²) in [7, 11) is 0. The average molecular weight is 398 g/mol. The number of fused-ring (bicyclic) bond motifs is 1. The number of carbonyl (C=O) groups is 1. The van der Waals surface area contributed by atoms with Crippen LogP contribution in [0.5, 0.6) is 11.5 Å². The fourth-order valence-electron chi connectivity index (χ4n) is 4.29. The van der Waals surface area contributed by atoms with Crippen LogP contribution in [0.3, 0.4) is 0 Å². The molecule has 150 valence electrons. The van der Waals surface area contributed by atoms with Gasteiger partial charge in [0, 0.05) is 11.6 Å². The lowest BCUT2D eigenvalue weighted by molar-refractivity contribution is 0.0697. The minimum atomic E-state index is -0.938. The van der Waals surface area contributed by atoms with Gasteiger partial charge >= 0.3 is 5.97 Å². The van der Waals surface area contributed by atoms with Crippen molar-refractivity contribution in [2.75, 3.05) is 0 Å². The first-order chi connectivity index (χ1) is 14.7. The predicted octanol–water partition coefficient (Wildman–Crippen LogP) is 6.31. The molecule has 1 fully saturated rings. The summed E-state index contributed by atoms with van der Waals surface area (Å²) in [6.07, 6.45) is 4.63. The molecule has 0 spiro atoms. The molecule has 1 aromatic heterocycles. The van der Waals surface area contributed by atoms with E-state index in [9.17, 15) is 9.90 Å². The average Bonchev–Trinajstić information content (AvgIpc) is 3.41. The summed E-state index contributed by atoms with van der Waals surface area (Å²) in [4.78, 5) is 16.3. The lowest BCUT2D eigenvalue weighted by Crippen LogP contribution is -2.06. The van der Waals surface area contributed by atoms with Gasteiger partial charge in [0.25, 0.3) is 0 Å². The Morgan fingerprint density at radius 2 is 1.70 bits per heavy atom. The van der Waals surface area contributed by atoms with Crippen molar-refractivity contribution in [3.63, 3.8) is 0 Å². The number of rotatable bonds is 5. The third-order valence-electron chi connectivity index (χ3n) is 5.70. The smallest absolute Gasteiger partial charge is 0.335 e. The van der Waals surface area contributed by atoms with E-state index in [1.165, 1.54) is 12.8 Å². The molecule has 0 saturated heterocycles. The van der Waals surface area contributed by atoms with E-state index in [4.69, 9.17) is 9.72 Å². The number of carboxylic acids is 1. The summed E-state index contributed by atoms with van der Waals surface area (Å²) in [6, 6.07) is 23.2. The summed E-state index contributed by atoms with van der Waals surface area (Å²) in [5.41, 5.74) is 2.91. The quantitative estimate of drug-likeness (QED) is 0.428. The number of aromatic carboxylic acids is 1. The van der Waals surface area contributed by atoms with Crippen molar-refractivity contribution in [3.8, 4) is 22.9 Å². The minimum Gasteiger partial charge on any atom is -0.478 e. The monoisotopic (exact) mass is 398 g/mol. The maximum Gasteiger partial charge on any atom is 0.335 e. The van der Waals surface area contributed by atoms with Crippen LogP contribution in [0.4, 0.5) is 0 Å². The molecule has 5 nitrogen and oxygen atoms in total. The Labute approximate surface area is 174 Å². The van der Waals surface area contributed by atoms with Crippen LogP contribution in [0, 0.1) is 0 Å². The molecule has 30 heavy (non-hydrogen) atoms. The van der Waals surface area contributed by atoms with E-state index in [-0.39, 0.29) is 5.56 Å². The Morgan fingerprint density at radius 1 is 0.933 bits per heavy atom. The molecule has 4 aromatic rings. The normalized spacial score (nSPS) is 14.3. The number of nitrogens with zero attached hydrogens (tertiary/aromatic N) is 2. The minimum absolute atomic E-state index is 0.256. The summed E-state index contributed by atoms with van der Waals surface area (Å²) in [5, 5.41) is 9.37. The van der Waals surface area contributed by atoms with Gasteiger partial charge in [0.1, 0.15) is 17.3 Å². The molecular formula is C25H22N2O3. The highest BCUT2D eigenvalue weighted by molar-refractivity contribution is 5.93. The lowest BCUT2D eigenvalue weighted by Gasteiger charge is -2.17. The van der Waals surface area contributed by atoms with E-state index in [0.29, 0.717) is 11.6 Å². The van der Waals surface area contributed by atoms with Crippen LogP contribution in [0.1, 0.15) is 42.1 Å². The van der Waals surface area contributed by atoms with Crippen LogP contribution >= 0.6 is 0 Å². The van der Waals surface area contributed by atoms with Crippen molar-refractivity contribution in [2.24, 2.45) is 0 Å². The Bertz CT molecular complexity index is 1210. The van der Waals surface area contributed by atoms with E-state index >= 15 is 0 Å². The molecule has 1 saturated carbocycles. The van der Waals surface area contributed by atoms with Crippen molar-refractivity contribution < 1.29 is 14.6 Å². The van der Waals surface area contributed by atoms with Gasteiger partial charge in [-0.2, -0.15) is 0 Å². The van der Waals surface area contributed by atoms with Gasteiger partial charge in [-0.05, 0) is 55.3 Å². The third-order valence-corrected chi connectivity index (χ3v) is 5.70. The Balaban J connectivity index is 1.61. The van der Waals surface area contributed by atoms with Crippen molar-refractivity contribution in [3.05, 3.63) is 78.4 Å². The van der Waals surface area contributed by atoms with Crippen molar-refractivity contribution >= 4 is 17.0 Å². The standard InChI is InChI=1S/C25H22N2O3/c28-25(29)18-13-14-23-22(16-18)26-24(27(23)19-8-4-5-9-19)17-7-6-12-21(15-17)30-20-10-2-1-3-11-20/h1-3,6-7,10-16,19H,4-5,8-9H2,(H,28,29). The van der Waals surface area contributed by atoms with Crippen molar-refractivity contribution in [1.82, 2.24) is 9.55 Å². The van der Waals surface area contributed by atoms with Crippen LogP contribution in [0.15, 0.2) is 72.8 Å². The largest absolute Gasteiger partial charge is 0.478 e. The highest BCUT2D eigenvalue weighted by Gasteiger charge is 2.24. The lowest BCUT2D eigenvalue weighted by atomic mass is 10.1. The van der Waals surface area contributed by atoms with Gasteiger partial charge in [-0.15, -0.1) is 0 Å². The molecule has 0 bridgehead atoms. The summed E-state index contributed by atoms with van der Waals surface area (Å²) in [6.45, 7) is 0. The summed E-state index contributed by atoms with van der Waals surface area (Å²) in [5.74, 6) is 1.45. The zero-order chi connectivity index (χ0) is 20.5. The van der Waals surface area contributed by atoms with Crippen LogP contribution in [-0.2, 0) is 0 Å². The molecule has 1 N–H and O–H groups in total. The summed E-state index contributed by atoms with van der Waals surface area (Å²) >= 11 is 0. The second-order valence-corrected chi connectivity index (χ2v) is 7.70. The van der Waals surface area contributed by atoms with Gasteiger partial charge in [0.2, 0.25) is 0 Å². The molecule has 0 radical (unpaired) electrons. The molecule has 5 rings (SSSR count). The molecule has 0 unspecified atom stereocenters. The number of ether oxygens (including phenoxy) is 1. The van der Waals surface area contributed by atoms with E-state index in [1.54, 1.807) is 12.1 Å². The number of para-hydroxylation sites is 1. The van der Waals surface area contributed by atoms with Crippen LogP contribution in [-0.4, -0.2) is 20.6 Å². The van der Waals surface area contributed by atoms with Gasteiger partial charge in [0.15, 0.2) is 0 Å². The molecule has 0 amide bonds. The topological polar surface area (TPSA) is 64.3 Å². The first kappa shape index (κ1) is 18.4. The maximum absolute atomic E-state index is 11.4. The molecule has 1 heterocycles. The Hall–Kier alpha value is -3.60. The van der Waals surface area contributed by atoms with Gasteiger partial charge in [0.05, 0.1) is 16.6 Å². The van der Waals surface area contributed by atoms with Crippen molar-refractivity contribution in [2.45, 2.75) is 31.7 Å². The fourth-order valence-corrected chi connectivity index (χ4v) is 4.29. The fraction of sp³-hybridized carbons (Fsp3) is 0.200. The highest BCUT2D eigenvalue weighted by Crippen LogP contribution is 2.38. The number of hydrogen-bond donors (Lipinski definition) is 1. The van der Waals surface area contributed by atoms with E-state index in [1.807, 2.05) is 60.7 Å². The second kappa shape index (κ2) is 7.67. The van der Waals surface area contributed by atoms with Gasteiger partial charge < -0.3 is 14.4 Å².